The molecule has 4 aliphatic rings. The molecular formula is C73H62BN3O2S. The van der Waals surface area contributed by atoms with Crippen LogP contribution in [0.25, 0.3) is 42.4 Å². The van der Waals surface area contributed by atoms with Crippen LogP contribution in [0.3, 0.4) is 0 Å². The van der Waals surface area contributed by atoms with Crippen molar-refractivity contribution in [1.29, 1.82) is 0 Å². The summed E-state index contributed by atoms with van der Waals surface area (Å²) < 4.78 is 16.5. The van der Waals surface area contributed by atoms with Gasteiger partial charge in [-0.25, -0.2) is 0 Å². The second kappa shape index (κ2) is 17.7. The first-order valence-corrected chi connectivity index (χ1v) is 29.1. The van der Waals surface area contributed by atoms with Crippen molar-refractivity contribution >= 4 is 94.8 Å². The molecule has 0 radical (unpaired) electrons. The largest absolute Gasteiger partial charge is 0.450 e. The summed E-state index contributed by atoms with van der Waals surface area (Å²) in [5.41, 5.74) is 21.3. The zero-order valence-electron chi connectivity index (χ0n) is 46.7. The molecule has 4 heterocycles. The van der Waals surface area contributed by atoms with E-state index in [4.69, 9.17) is 9.47 Å². The molecule has 7 heteroatoms. The molecule has 0 atom stereocenters. The first-order chi connectivity index (χ1) is 38.7. The fraction of sp³-hybridized carbons (Fsp3) is 0.178. The average molecular weight is 1060 g/mol. The molecule has 15 rings (SSSR count). The maximum Gasteiger partial charge on any atom is 0.333 e. The normalized spacial score (nSPS) is 15.2. The van der Waals surface area contributed by atoms with Gasteiger partial charge in [-0.15, -0.1) is 11.3 Å². The van der Waals surface area contributed by atoms with E-state index in [2.05, 4.69) is 252 Å². The van der Waals surface area contributed by atoms with E-state index in [-0.39, 0.29) is 23.1 Å². The highest BCUT2D eigenvalue weighted by Gasteiger charge is 2.49. The molecule has 0 saturated carbocycles. The van der Waals surface area contributed by atoms with Crippen LogP contribution < -0.4 is 35.0 Å². The lowest BCUT2D eigenvalue weighted by molar-refractivity contribution is 0.332. The minimum Gasteiger partial charge on any atom is -0.450 e. The third-order valence-corrected chi connectivity index (χ3v) is 18.9. The molecule has 11 aromatic rings. The maximum atomic E-state index is 7.00. The molecule has 0 saturated heterocycles. The highest BCUT2D eigenvalue weighted by molar-refractivity contribution is 7.26. The van der Waals surface area contributed by atoms with Gasteiger partial charge in [-0.3, -0.25) is 0 Å². The van der Waals surface area contributed by atoms with Gasteiger partial charge in [0.25, 0.3) is 0 Å². The molecule has 0 N–H and O–H groups in total. The fourth-order valence-corrected chi connectivity index (χ4v) is 14.7. The highest BCUT2D eigenvalue weighted by Crippen LogP contribution is 2.58. The van der Waals surface area contributed by atoms with Gasteiger partial charge in [0.15, 0.2) is 23.0 Å². The Morgan fingerprint density at radius 2 is 1.10 bits per heavy atom. The van der Waals surface area contributed by atoms with Crippen LogP contribution in [0.2, 0.25) is 0 Å². The Morgan fingerprint density at radius 3 is 1.77 bits per heavy atom. The van der Waals surface area contributed by atoms with Crippen LogP contribution in [0.5, 0.6) is 23.0 Å². The van der Waals surface area contributed by atoms with E-state index in [1.807, 2.05) is 35.6 Å². The molecule has 80 heavy (non-hydrogen) atoms. The number of fused-ring (bicyclic) bond motifs is 11. The first kappa shape index (κ1) is 48.6. The number of para-hydroxylation sites is 4. The highest BCUT2D eigenvalue weighted by atomic mass is 32.1. The van der Waals surface area contributed by atoms with E-state index in [1.54, 1.807) is 0 Å². The van der Waals surface area contributed by atoms with E-state index in [0.29, 0.717) is 23.0 Å². The Bertz CT molecular complexity index is 4290. The van der Waals surface area contributed by atoms with E-state index in [9.17, 15) is 0 Å². The van der Waals surface area contributed by atoms with Gasteiger partial charge < -0.3 is 24.1 Å². The van der Waals surface area contributed by atoms with Crippen molar-refractivity contribution in [3.63, 3.8) is 0 Å². The molecule has 1 aromatic heterocycles. The van der Waals surface area contributed by atoms with Crippen LogP contribution >= 0.6 is 11.3 Å². The van der Waals surface area contributed by atoms with Crippen LogP contribution in [-0.4, -0.2) is 6.85 Å². The molecule has 0 spiro atoms. The van der Waals surface area contributed by atoms with Gasteiger partial charge in [-0.1, -0.05) is 158 Å². The smallest absolute Gasteiger partial charge is 0.333 e. The number of nitrogens with zero attached hydrogens (tertiary/aromatic N) is 3. The van der Waals surface area contributed by atoms with Gasteiger partial charge in [-0.2, -0.15) is 0 Å². The van der Waals surface area contributed by atoms with Crippen LogP contribution in [0.4, 0.5) is 45.5 Å². The van der Waals surface area contributed by atoms with Crippen LogP contribution in [0.1, 0.15) is 83.6 Å². The summed E-state index contributed by atoms with van der Waals surface area (Å²) in [4.78, 5) is 7.75. The second-order valence-corrected chi connectivity index (χ2v) is 25.9. The Hall–Kier alpha value is -8.52. The molecule has 5 nitrogen and oxygen atoms in total. The Kier molecular flexibility index (Phi) is 10.8. The van der Waals surface area contributed by atoms with Gasteiger partial charge in [-0.05, 0) is 171 Å². The number of benzene rings is 10. The zero-order valence-corrected chi connectivity index (χ0v) is 47.5. The summed E-state index contributed by atoms with van der Waals surface area (Å²) in [6.07, 6.45) is 2.24. The molecule has 0 unspecified atom stereocenters. The predicted molar refractivity (Wildman–Crippen MR) is 338 cm³/mol. The van der Waals surface area contributed by atoms with Gasteiger partial charge >= 0.3 is 6.85 Å². The van der Waals surface area contributed by atoms with Crippen LogP contribution in [-0.2, 0) is 16.2 Å². The van der Waals surface area contributed by atoms with Crippen molar-refractivity contribution in [3.05, 3.63) is 229 Å². The van der Waals surface area contributed by atoms with Crippen molar-refractivity contribution in [2.75, 3.05) is 14.6 Å². The lowest BCUT2D eigenvalue weighted by Gasteiger charge is -2.48. The topological polar surface area (TPSA) is 28.2 Å². The summed E-state index contributed by atoms with van der Waals surface area (Å²) >= 11 is 1.88. The summed E-state index contributed by atoms with van der Waals surface area (Å²) in [5, 5.41) is 2.53. The molecule has 10 aromatic carbocycles. The lowest BCUT2D eigenvalue weighted by Crippen LogP contribution is -2.61. The third-order valence-electron chi connectivity index (χ3n) is 17.8. The SMILES string of the molecule is Cc1cc2c(cc1N1c3cc4c(cc3B3c5c(cc(N(c6ccccc6)c6ccccc6)cc51)-c1c(ccc5sc6ccccc6c15)N3c1ccc(C(C)(C)C)cc1-c1ccccc1)Oc1ccccc1O4)C(C)(C)CCC2(C)C. The average Bonchev–Trinajstić information content (AvgIpc) is 2.03. The number of hydrogen-bond donors (Lipinski definition) is 0. The Labute approximate surface area is 474 Å². The number of anilines is 8. The lowest BCUT2D eigenvalue weighted by atomic mass is 9.43. The minimum atomic E-state index is -0.334. The molecule has 3 aliphatic heterocycles. The zero-order chi connectivity index (χ0) is 54.4. The van der Waals surface area contributed by atoms with E-state index in [1.165, 1.54) is 70.1 Å². The standard InChI is InChI=1S/C73H62BN3O2S/c1-45-38-54-55(73(7,8)37-36-72(54,5)6)42-59(45)76-60-44-65-64(78-62-29-19-20-30-63(62)79-65)43-56(60)74-70-53(40-50(41-61(70)76)75(48-24-14-10-15-25-48)49-26-16-11-17-27-49)68-58(34-35-67-69(68)51-28-18-21-31-66(51)80-67)77(74)57-33-32-47(71(2,3)4)39-52(57)46-22-12-9-13-23-46/h9-35,38-44H,36-37H2,1-8H3. The number of thiophene rings is 1. The monoisotopic (exact) mass is 1060 g/mol. The van der Waals surface area contributed by atoms with Crippen molar-refractivity contribution in [3.8, 4) is 45.3 Å². The quantitative estimate of drug-likeness (QED) is 0.155. The van der Waals surface area contributed by atoms with Crippen molar-refractivity contribution in [1.82, 2.24) is 0 Å². The molecule has 390 valence electrons. The summed E-state index contributed by atoms with van der Waals surface area (Å²) in [7, 11) is 0. The van der Waals surface area contributed by atoms with Gasteiger partial charge in [0, 0.05) is 82.9 Å². The Morgan fingerprint density at radius 1 is 0.500 bits per heavy atom. The van der Waals surface area contributed by atoms with Gasteiger partial charge in [0.2, 0.25) is 0 Å². The Balaban J connectivity index is 1.13. The van der Waals surface area contributed by atoms with Gasteiger partial charge in [0.1, 0.15) is 0 Å². The van der Waals surface area contributed by atoms with Crippen LogP contribution in [0, 0.1) is 6.92 Å². The third kappa shape index (κ3) is 7.50. The molecule has 1 aliphatic carbocycles. The van der Waals surface area contributed by atoms with Crippen molar-refractivity contribution < 1.29 is 9.47 Å². The van der Waals surface area contributed by atoms with E-state index < -0.39 is 0 Å². The van der Waals surface area contributed by atoms with E-state index in [0.717, 1.165) is 63.8 Å². The first-order valence-electron chi connectivity index (χ1n) is 28.3. The number of ether oxygens (including phenoxy) is 2. The fourth-order valence-electron chi connectivity index (χ4n) is 13.5. The van der Waals surface area contributed by atoms with Crippen LogP contribution in [0.15, 0.2) is 206 Å². The summed E-state index contributed by atoms with van der Waals surface area (Å²) in [6.45, 7) is 18.7. The molecular weight excluding hydrogens is 994 g/mol. The number of aryl methyl sites for hydroxylation is 1. The predicted octanol–water partition coefficient (Wildman–Crippen LogP) is 19.8. The van der Waals surface area contributed by atoms with Gasteiger partial charge in [0.05, 0.1) is 0 Å². The van der Waals surface area contributed by atoms with Crippen molar-refractivity contribution in [2.45, 2.75) is 84.5 Å². The van der Waals surface area contributed by atoms with E-state index >= 15 is 0 Å². The number of hydrogen-bond acceptors (Lipinski definition) is 6. The second-order valence-electron chi connectivity index (χ2n) is 24.8. The molecule has 0 amide bonds. The molecule has 0 bridgehead atoms. The maximum absolute atomic E-state index is 7.00. The van der Waals surface area contributed by atoms with Crippen molar-refractivity contribution in [2.24, 2.45) is 0 Å². The summed E-state index contributed by atoms with van der Waals surface area (Å²) in [5.74, 6) is 2.80. The summed E-state index contributed by atoms with van der Waals surface area (Å²) in [6, 6.07) is 76.5. The molecule has 0 fully saturated rings. The minimum absolute atomic E-state index is 0.0273. The number of rotatable bonds is 6.